The van der Waals surface area contributed by atoms with Crippen molar-refractivity contribution < 1.29 is 27.9 Å². The molecule has 0 saturated heterocycles. The summed E-state index contributed by atoms with van der Waals surface area (Å²) < 4.78 is 37.3. The van der Waals surface area contributed by atoms with Crippen LogP contribution in [0.4, 0.5) is 13.2 Å². The van der Waals surface area contributed by atoms with Gasteiger partial charge in [0.1, 0.15) is 6.04 Å². The maximum absolute atomic E-state index is 12.4. The Bertz CT molecular complexity index is 524. The second-order valence-corrected chi connectivity index (χ2v) is 5.46. The van der Waals surface area contributed by atoms with Crippen LogP contribution in [0.25, 0.3) is 0 Å². The molecular weight excluding hydrogens is 299 g/mol. The van der Waals surface area contributed by atoms with E-state index < -0.39 is 29.7 Å². The molecule has 1 atom stereocenters. The number of benzene rings is 1. The Kier molecular flexibility index (Phi) is 5.96. The Balaban J connectivity index is 2.66. The van der Waals surface area contributed by atoms with Gasteiger partial charge in [0, 0.05) is 0 Å². The molecule has 0 saturated carbocycles. The van der Waals surface area contributed by atoms with Crippen molar-refractivity contribution in [1.29, 1.82) is 0 Å². The zero-order chi connectivity index (χ0) is 16.9. The van der Waals surface area contributed by atoms with Crippen LogP contribution in [0.2, 0.25) is 0 Å². The number of carbonyl (C=O) groups excluding carboxylic acids is 1. The van der Waals surface area contributed by atoms with E-state index in [4.69, 9.17) is 5.11 Å². The summed E-state index contributed by atoms with van der Waals surface area (Å²) in [5.74, 6) is -1.57. The summed E-state index contributed by atoms with van der Waals surface area (Å²) in [7, 11) is 0. The van der Waals surface area contributed by atoms with Crippen LogP contribution in [0.15, 0.2) is 24.3 Å². The van der Waals surface area contributed by atoms with Gasteiger partial charge in [-0.1, -0.05) is 26.0 Å². The van der Waals surface area contributed by atoms with Gasteiger partial charge in [0.05, 0.1) is 12.0 Å². The Morgan fingerprint density at radius 1 is 1.18 bits per heavy atom. The van der Waals surface area contributed by atoms with Gasteiger partial charge in [-0.3, -0.25) is 4.79 Å². The maximum Gasteiger partial charge on any atom is 0.416 e. The molecule has 0 aliphatic carbocycles. The van der Waals surface area contributed by atoms with Crippen LogP contribution < -0.4 is 5.32 Å². The van der Waals surface area contributed by atoms with E-state index in [2.05, 4.69) is 5.32 Å². The number of hydrogen-bond acceptors (Lipinski definition) is 2. The second-order valence-electron chi connectivity index (χ2n) is 5.46. The first-order chi connectivity index (χ1) is 10.1. The smallest absolute Gasteiger partial charge is 0.416 e. The zero-order valence-corrected chi connectivity index (χ0v) is 12.3. The number of alkyl halides is 3. The van der Waals surface area contributed by atoms with Gasteiger partial charge in [0.15, 0.2) is 0 Å². The zero-order valence-electron chi connectivity index (χ0n) is 12.3. The van der Waals surface area contributed by atoms with Gasteiger partial charge in [-0.2, -0.15) is 13.2 Å². The fraction of sp³-hybridized carbons (Fsp3) is 0.467. The normalized spacial score (nSPS) is 13.0. The minimum atomic E-state index is -4.42. The minimum absolute atomic E-state index is 0.0902. The Morgan fingerprint density at radius 2 is 1.73 bits per heavy atom. The number of amides is 1. The summed E-state index contributed by atoms with van der Waals surface area (Å²) >= 11 is 0. The van der Waals surface area contributed by atoms with Gasteiger partial charge in [-0.15, -0.1) is 0 Å². The van der Waals surface area contributed by atoms with E-state index in [1.165, 1.54) is 12.1 Å². The highest BCUT2D eigenvalue weighted by atomic mass is 19.4. The third-order valence-corrected chi connectivity index (χ3v) is 2.99. The van der Waals surface area contributed by atoms with E-state index >= 15 is 0 Å². The van der Waals surface area contributed by atoms with Gasteiger partial charge in [-0.05, 0) is 30.0 Å². The highest BCUT2D eigenvalue weighted by Crippen LogP contribution is 2.29. The largest absolute Gasteiger partial charge is 0.480 e. The fourth-order valence-corrected chi connectivity index (χ4v) is 1.94. The van der Waals surface area contributed by atoms with Crippen molar-refractivity contribution in [1.82, 2.24) is 5.32 Å². The summed E-state index contributed by atoms with van der Waals surface area (Å²) in [5.41, 5.74) is -0.404. The number of nitrogens with one attached hydrogen (secondary N) is 1. The number of carboxylic acids is 1. The van der Waals surface area contributed by atoms with Crippen molar-refractivity contribution in [2.24, 2.45) is 5.92 Å². The average Bonchev–Trinajstić information content (AvgIpc) is 2.36. The van der Waals surface area contributed by atoms with Crippen LogP contribution >= 0.6 is 0 Å². The highest BCUT2D eigenvalue weighted by Gasteiger charge is 2.30. The number of hydrogen-bond donors (Lipinski definition) is 2. The standard InChI is InChI=1S/C15H18F3NO3/c1-9(2)7-12(14(21)22)19-13(20)8-10-3-5-11(6-4-10)15(16,17)18/h3-6,9,12H,7-8H2,1-2H3,(H,19,20)(H,21,22)/t12-/m0/s1. The lowest BCUT2D eigenvalue weighted by molar-refractivity contribution is -0.142. The molecule has 1 aromatic rings. The first-order valence-corrected chi connectivity index (χ1v) is 6.78. The van der Waals surface area contributed by atoms with Gasteiger partial charge in [-0.25, -0.2) is 4.79 Å². The molecule has 0 fully saturated rings. The number of aliphatic carboxylic acids is 1. The lowest BCUT2D eigenvalue weighted by atomic mass is 10.0. The van der Waals surface area contributed by atoms with Crippen molar-refractivity contribution in [3.63, 3.8) is 0 Å². The molecule has 0 aliphatic heterocycles. The molecule has 1 aromatic carbocycles. The molecule has 22 heavy (non-hydrogen) atoms. The molecular formula is C15H18F3NO3. The third kappa shape index (κ3) is 5.75. The van der Waals surface area contributed by atoms with Gasteiger partial charge >= 0.3 is 12.1 Å². The van der Waals surface area contributed by atoms with Crippen molar-refractivity contribution in [3.8, 4) is 0 Å². The molecule has 1 amide bonds. The van der Waals surface area contributed by atoms with Gasteiger partial charge in [0.25, 0.3) is 0 Å². The van der Waals surface area contributed by atoms with E-state index in [0.29, 0.717) is 5.56 Å². The molecule has 1 rings (SSSR count). The number of halogens is 3. The first kappa shape index (κ1) is 18.0. The van der Waals surface area contributed by atoms with Crippen molar-refractivity contribution in [2.75, 3.05) is 0 Å². The molecule has 0 radical (unpaired) electrons. The van der Waals surface area contributed by atoms with E-state index in [-0.39, 0.29) is 18.8 Å². The fourth-order valence-electron chi connectivity index (χ4n) is 1.94. The molecule has 0 heterocycles. The van der Waals surface area contributed by atoms with Gasteiger partial charge < -0.3 is 10.4 Å². The number of carboxylic acid groups (broad SMARTS) is 1. The predicted octanol–water partition coefficient (Wildman–Crippen LogP) is 2.86. The average molecular weight is 317 g/mol. The second kappa shape index (κ2) is 7.29. The number of rotatable bonds is 6. The topological polar surface area (TPSA) is 66.4 Å². The third-order valence-electron chi connectivity index (χ3n) is 2.99. The Labute approximate surface area is 126 Å². The van der Waals surface area contributed by atoms with E-state index in [0.717, 1.165) is 12.1 Å². The lowest BCUT2D eigenvalue weighted by Crippen LogP contribution is -2.42. The van der Waals surface area contributed by atoms with Crippen LogP contribution in [0.3, 0.4) is 0 Å². The summed E-state index contributed by atoms with van der Waals surface area (Å²) in [5, 5.41) is 11.4. The molecule has 2 N–H and O–H groups in total. The summed E-state index contributed by atoms with van der Waals surface area (Å²) in [6.45, 7) is 3.66. The molecule has 0 aliphatic rings. The van der Waals surface area contributed by atoms with Crippen molar-refractivity contribution in [3.05, 3.63) is 35.4 Å². The molecule has 0 aromatic heterocycles. The van der Waals surface area contributed by atoms with Crippen molar-refractivity contribution in [2.45, 2.75) is 38.9 Å². The highest BCUT2D eigenvalue weighted by molar-refractivity contribution is 5.84. The summed E-state index contributed by atoms with van der Waals surface area (Å²) in [6, 6.07) is 3.21. The molecule has 0 bridgehead atoms. The molecule has 7 heteroatoms. The van der Waals surface area contributed by atoms with E-state index in [9.17, 15) is 22.8 Å². The number of carbonyl (C=O) groups is 2. The quantitative estimate of drug-likeness (QED) is 0.848. The predicted molar refractivity (Wildman–Crippen MR) is 74.2 cm³/mol. The molecule has 0 spiro atoms. The van der Waals surface area contributed by atoms with E-state index in [1.54, 1.807) is 0 Å². The van der Waals surface area contributed by atoms with Crippen LogP contribution in [0.1, 0.15) is 31.4 Å². The minimum Gasteiger partial charge on any atom is -0.480 e. The maximum atomic E-state index is 12.4. The lowest BCUT2D eigenvalue weighted by Gasteiger charge is -2.16. The SMILES string of the molecule is CC(C)C[C@H](NC(=O)Cc1ccc(C(F)(F)F)cc1)C(=O)O. The summed E-state index contributed by atoms with van der Waals surface area (Å²) in [4.78, 5) is 22.8. The molecule has 0 unspecified atom stereocenters. The Morgan fingerprint density at radius 3 is 2.14 bits per heavy atom. The van der Waals surface area contributed by atoms with E-state index in [1.807, 2.05) is 13.8 Å². The van der Waals surface area contributed by atoms with Crippen LogP contribution in [0, 0.1) is 5.92 Å². The van der Waals surface area contributed by atoms with Crippen molar-refractivity contribution >= 4 is 11.9 Å². The van der Waals surface area contributed by atoms with Crippen LogP contribution in [0.5, 0.6) is 0 Å². The van der Waals surface area contributed by atoms with Crippen LogP contribution in [-0.4, -0.2) is 23.0 Å². The van der Waals surface area contributed by atoms with Crippen LogP contribution in [-0.2, 0) is 22.2 Å². The summed E-state index contributed by atoms with van der Waals surface area (Å²) in [6.07, 6.45) is -4.31. The molecule has 4 nitrogen and oxygen atoms in total. The Hall–Kier alpha value is -2.05. The van der Waals surface area contributed by atoms with Gasteiger partial charge in [0.2, 0.25) is 5.91 Å². The molecule has 122 valence electrons. The monoisotopic (exact) mass is 317 g/mol. The first-order valence-electron chi connectivity index (χ1n) is 6.78.